The third kappa shape index (κ3) is 3.14. The van der Waals surface area contributed by atoms with Crippen LogP contribution in [0.25, 0.3) is 28.0 Å². The third-order valence-corrected chi connectivity index (χ3v) is 4.37. The minimum Gasteiger partial charge on any atom is -0.507 e. The van der Waals surface area contributed by atoms with Gasteiger partial charge in [0.25, 0.3) is 0 Å². The highest BCUT2D eigenvalue weighted by Gasteiger charge is 2.14. The van der Waals surface area contributed by atoms with Gasteiger partial charge in [0.15, 0.2) is 5.82 Å². The number of hydrogen-bond acceptors (Lipinski definition) is 6. The Labute approximate surface area is 155 Å². The predicted octanol–water partition coefficient (Wildman–Crippen LogP) is 2.70. The number of aliphatic hydroxyl groups excluding tert-OH is 1. The maximum absolute atomic E-state index is 10.5. The van der Waals surface area contributed by atoms with Crippen molar-refractivity contribution in [1.29, 1.82) is 0 Å². The molecule has 0 saturated heterocycles. The van der Waals surface area contributed by atoms with E-state index in [1.807, 2.05) is 31.2 Å². The van der Waals surface area contributed by atoms with Gasteiger partial charge in [0.1, 0.15) is 5.75 Å². The first-order valence-electron chi connectivity index (χ1n) is 8.57. The molecule has 0 amide bonds. The molecule has 0 spiro atoms. The van der Waals surface area contributed by atoms with Gasteiger partial charge in [-0.2, -0.15) is 5.10 Å². The summed E-state index contributed by atoms with van der Waals surface area (Å²) < 4.78 is 1.63. The summed E-state index contributed by atoms with van der Waals surface area (Å²) in [7, 11) is 0. The molecule has 4 aromatic rings. The van der Waals surface area contributed by atoms with Crippen molar-refractivity contribution in [3.63, 3.8) is 0 Å². The van der Waals surface area contributed by atoms with E-state index in [1.165, 1.54) is 0 Å². The van der Waals surface area contributed by atoms with Crippen molar-refractivity contribution >= 4 is 10.9 Å². The number of nitrogens with two attached hydrogens (primary N) is 1. The van der Waals surface area contributed by atoms with Gasteiger partial charge in [-0.15, -0.1) is 0 Å². The molecule has 3 aromatic heterocycles. The van der Waals surface area contributed by atoms with Crippen LogP contribution in [-0.2, 0) is 6.61 Å². The van der Waals surface area contributed by atoms with E-state index in [1.54, 1.807) is 35.1 Å². The first-order chi connectivity index (χ1) is 13.1. The number of phenols is 1. The second-order valence-electron chi connectivity index (χ2n) is 6.37. The predicted molar refractivity (Wildman–Crippen MR) is 102 cm³/mol. The quantitative estimate of drug-likeness (QED) is 0.515. The van der Waals surface area contributed by atoms with Crippen LogP contribution in [0.5, 0.6) is 5.75 Å². The SMILES string of the molecule is CC(N)c1cccc(-c2cc(O)c3cnn(-c4cccc(CO)n4)c3c2)n1. The van der Waals surface area contributed by atoms with E-state index in [0.717, 1.165) is 11.3 Å². The van der Waals surface area contributed by atoms with Crippen LogP contribution in [0.15, 0.2) is 54.7 Å². The van der Waals surface area contributed by atoms with Gasteiger partial charge in [0, 0.05) is 11.6 Å². The molecule has 0 aliphatic heterocycles. The summed E-state index contributed by atoms with van der Waals surface area (Å²) in [5, 5.41) is 24.8. The van der Waals surface area contributed by atoms with Crippen LogP contribution in [0.1, 0.15) is 24.4 Å². The van der Waals surface area contributed by atoms with Crippen LogP contribution >= 0.6 is 0 Å². The average molecular weight is 361 g/mol. The molecule has 0 aliphatic rings. The molecule has 27 heavy (non-hydrogen) atoms. The highest BCUT2D eigenvalue weighted by molar-refractivity contribution is 5.90. The Morgan fingerprint density at radius 2 is 1.93 bits per heavy atom. The number of phenolic OH excluding ortho intramolecular Hbond substituents is 1. The molecule has 0 aliphatic carbocycles. The molecule has 1 atom stereocenters. The standard InChI is InChI=1S/C20H19N5O2/c1-12(21)16-5-3-6-17(24-16)13-8-18-15(19(27)9-13)10-22-25(18)20-7-2-4-14(11-26)23-20/h2-10,12,26-27H,11,21H2,1H3. The number of aromatic hydroxyl groups is 1. The van der Waals surface area contributed by atoms with Crippen molar-refractivity contribution in [2.24, 2.45) is 5.73 Å². The minimum atomic E-state index is -0.182. The highest BCUT2D eigenvalue weighted by atomic mass is 16.3. The van der Waals surface area contributed by atoms with Gasteiger partial charge in [0.2, 0.25) is 0 Å². The maximum atomic E-state index is 10.5. The molecule has 1 unspecified atom stereocenters. The van der Waals surface area contributed by atoms with Gasteiger partial charge >= 0.3 is 0 Å². The normalized spacial score (nSPS) is 12.4. The van der Waals surface area contributed by atoms with E-state index in [2.05, 4.69) is 15.1 Å². The fourth-order valence-corrected chi connectivity index (χ4v) is 2.98. The van der Waals surface area contributed by atoms with Gasteiger partial charge < -0.3 is 15.9 Å². The summed E-state index contributed by atoms with van der Waals surface area (Å²) in [5.74, 6) is 0.672. The second-order valence-corrected chi connectivity index (χ2v) is 6.37. The van der Waals surface area contributed by atoms with Crippen molar-refractivity contribution < 1.29 is 10.2 Å². The van der Waals surface area contributed by atoms with E-state index in [0.29, 0.717) is 28.1 Å². The lowest BCUT2D eigenvalue weighted by Crippen LogP contribution is -2.07. The summed E-state index contributed by atoms with van der Waals surface area (Å²) in [5.41, 5.74) is 9.42. The minimum absolute atomic E-state index is 0.111. The topological polar surface area (TPSA) is 110 Å². The Morgan fingerprint density at radius 3 is 2.70 bits per heavy atom. The number of nitrogens with zero attached hydrogens (tertiary/aromatic N) is 4. The fraction of sp³-hybridized carbons (Fsp3) is 0.150. The fourth-order valence-electron chi connectivity index (χ4n) is 2.98. The first-order valence-corrected chi connectivity index (χ1v) is 8.57. The molecule has 0 radical (unpaired) electrons. The van der Waals surface area contributed by atoms with E-state index in [-0.39, 0.29) is 18.4 Å². The van der Waals surface area contributed by atoms with Crippen LogP contribution in [0.3, 0.4) is 0 Å². The Morgan fingerprint density at radius 1 is 1.11 bits per heavy atom. The average Bonchev–Trinajstić information content (AvgIpc) is 3.12. The molecule has 4 rings (SSSR count). The number of fused-ring (bicyclic) bond motifs is 1. The Kier molecular flexibility index (Phi) is 4.31. The van der Waals surface area contributed by atoms with Crippen LogP contribution in [-0.4, -0.2) is 30.0 Å². The van der Waals surface area contributed by atoms with Gasteiger partial charge in [-0.3, -0.25) is 4.98 Å². The van der Waals surface area contributed by atoms with Crippen LogP contribution in [0.2, 0.25) is 0 Å². The molecule has 1 aromatic carbocycles. The van der Waals surface area contributed by atoms with Crippen molar-refractivity contribution in [3.8, 4) is 22.8 Å². The summed E-state index contributed by atoms with van der Waals surface area (Å²) in [4.78, 5) is 8.98. The highest BCUT2D eigenvalue weighted by Crippen LogP contribution is 2.32. The number of aliphatic hydroxyl groups is 1. The molecule has 7 nitrogen and oxygen atoms in total. The number of hydrogen-bond donors (Lipinski definition) is 3. The molecule has 0 saturated carbocycles. The van der Waals surface area contributed by atoms with E-state index < -0.39 is 0 Å². The first kappa shape index (κ1) is 17.1. The van der Waals surface area contributed by atoms with Crippen molar-refractivity contribution in [2.45, 2.75) is 19.6 Å². The van der Waals surface area contributed by atoms with Gasteiger partial charge in [0.05, 0.1) is 40.8 Å². The lowest BCUT2D eigenvalue weighted by Gasteiger charge is -2.09. The zero-order chi connectivity index (χ0) is 19.0. The van der Waals surface area contributed by atoms with Crippen LogP contribution < -0.4 is 5.73 Å². The molecule has 0 bridgehead atoms. The van der Waals surface area contributed by atoms with Crippen LogP contribution in [0, 0.1) is 0 Å². The molecule has 7 heteroatoms. The Balaban J connectivity index is 1.89. The summed E-state index contributed by atoms with van der Waals surface area (Å²) in [6.45, 7) is 1.72. The van der Waals surface area contributed by atoms with Crippen molar-refractivity contribution in [2.75, 3.05) is 0 Å². The Bertz CT molecular complexity index is 1120. The molecular formula is C20H19N5O2. The summed E-state index contributed by atoms with van der Waals surface area (Å²) in [6, 6.07) is 14.4. The molecule has 0 fully saturated rings. The van der Waals surface area contributed by atoms with Crippen LogP contribution in [0.4, 0.5) is 0 Å². The lowest BCUT2D eigenvalue weighted by molar-refractivity contribution is 0.276. The maximum Gasteiger partial charge on any atom is 0.154 e. The largest absolute Gasteiger partial charge is 0.507 e. The monoisotopic (exact) mass is 361 g/mol. The molecule has 3 heterocycles. The number of benzene rings is 1. The van der Waals surface area contributed by atoms with Gasteiger partial charge in [-0.1, -0.05) is 12.1 Å². The van der Waals surface area contributed by atoms with Crippen molar-refractivity contribution in [1.82, 2.24) is 19.7 Å². The smallest absolute Gasteiger partial charge is 0.154 e. The zero-order valence-corrected chi connectivity index (χ0v) is 14.7. The Hall–Kier alpha value is -3.29. The summed E-state index contributed by atoms with van der Waals surface area (Å²) >= 11 is 0. The van der Waals surface area contributed by atoms with E-state index >= 15 is 0 Å². The van der Waals surface area contributed by atoms with E-state index in [9.17, 15) is 10.2 Å². The number of pyridine rings is 2. The number of rotatable bonds is 4. The van der Waals surface area contributed by atoms with E-state index in [4.69, 9.17) is 5.73 Å². The third-order valence-electron chi connectivity index (χ3n) is 4.37. The molecule has 136 valence electrons. The van der Waals surface area contributed by atoms with Gasteiger partial charge in [-0.05, 0) is 43.3 Å². The molecular weight excluding hydrogens is 342 g/mol. The lowest BCUT2D eigenvalue weighted by atomic mass is 10.1. The van der Waals surface area contributed by atoms with Crippen molar-refractivity contribution in [3.05, 3.63) is 66.1 Å². The summed E-state index contributed by atoms with van der Waals surface area (Å²) in [6.07, 6.45) is 1.59. The second kappa shape index (κ2) is 6.79. The molecule has 4 N–H and O–H groups in total. The van der Waals surface area contributed by atoms with Gasteiger partial charge in [-0.25, -0.2) is 9.67 Å². The number of aromatic nitrogens is 4. The zero-order valence-electron chi connectivity index (χ0n) is 14.7.